The van der Waals surface area contributed by atoms with E-state index in [9.17, 15) is 0 Å². The van der Waals surface area contributed by atoms with E-state index in [0.717, 1.165) is 48.8 Å². The number of likely N-dealkylation sites (tertiary alicyclic amines) is 1. The van der Waals surface area contributed by atoms with Gasteiger partial charge in [-0.25, -0.2) is 4.98 Å². The minimum Gasteiger partial charge on any atom is -0.490 e. The molecule has 1 aromatic carbocycles. The monoisotopic (exact) mass is 315 g/mol. The van der Waals surface area contributed by atoms with Crippen LogP contribution in [0.15, 0.2) is 30.6 Å². The van der Waals surface area contributed by atoms with Crippen LogP contribution in [0.25, 0.3) is 0 Å². The van der Waals surface area contributed by atoms with Crippen LogP contribution >= 0.6 is 0 Å². The lowest BCUT2D eigenvalue weighted by Crippen LogP contribution is -2.41. The van der Waals surface area contributed by atoms with Gasteiger partial charge in [0.05, 0.1) is 12.0 Å². The quantitative estimate of drug-likeness (QED) is 0.890. The van der Waals surface area contributed by atoms with Crippen molar-refractivity contribution in [3.05, 3.63) is 47.5 Å². The standard InChI is InChI=1S/C18H25N3O2/c1-14-6-4-5-7-17(14)23-12-18(22-3)8-9-21(11-18)10-16-15(2)19-13-20-16/h4-7,13H,8-12H2,1-3H3,(H,19,20)/t18-/m1/s1. The van der Waals surface area contributed by atoms with Gasteiger partial charge in [-0.1, -0.05) is 18.2 Å². The van der Waals surface area contributed by atoms with E-state index < -0.39 is 0 Å². The van der Waals surface area contributed by atoms with E-state index in [2.05, 4.69) is 34.8 Å². The van der Waals surface area contributed by atoms with Crippen molar-refractivity contribution in [2.45, 2.75) is 32.4 Å². The van der Waals surface area contributed by atoms with Gasteiger partial charge in [0.2, 0.25) is 0 Å². The van der Waals surface area contributed by atoms with E-state index >= 15 is 0 Å². The molecular formula is C18H25N3O2. The van der Waals surface area contributed by atoms with Crippen LogP contribution in [0.4, 0.5) is 0 Å². The molecular weight excluding hydrogens is 290 g/mol. The number of hydrogen-bond acceptors (Lipinski definition) is 4. The number of aromatic amines is 1. The molecule has 0 saturated carbocycles. The molecule has 1 saturated heterocycles. The van der Waals surface area contributed by atoms with Crippen LogP contribution in [-0.2, 0) is 11.3 Å². The normalized spacial score (nSPS) is 21.7. The maximum absolute atomic E-state index is 6.05. The maximum Gasteiger partial charge on any atom is 0.122 e. The largest absolute Gasteiger partial charge is 0.490 e. The smallest absolute Gasteiger partial charge is 0.122 e. The average Bonchev–Trinajstić information content (AvgIpc) is 3.15. The fraction of sp³-hybridized carbons (Fsp3) is 0.500. The average molecular weight is 315 g/mol. The van der Waals surface area contributed by atoms with Crippen molar-refractivity contribution in [2.75, 3.05) is 26.8 Å². The number of aromatic nitrogens is 2. The number of imidazole rings is 1. The lowest BCUT2D eigenvalue weighted by molar-refractivity contribution is -0.0361. The van der Waals surface area contributed by atoms with Crippen LogP contribution in [-0.4, -0.2) is 47.3 Å². The summed E-state index contributed by atoms with van der Waals surface area (Å²) >= 11 is 0. The van der Waals surface area contributed by atoms with Gasteiger partial charge < -0.3 is 14.5 Å². The van der Waals surface area contributed by atoms with Crippen LogP contribution in [0.2, 0.25) is 0 Å². The molecule has 3 rings (SSSR count). The second kappa shape index (κ2) is 6.72. The lowest BCUT2D eigenvalue weighted by Gasteiger charge is -2.28. The van der Waals surface area contributed by atoms with Crippen molar-refractivity contribution in [2.24, 2.45) is 0 Å². The zero-order valence-electron chi connectivity index (χ0n) is 14.1. The van der Waals surface area contributed by atoms with Crippen molar-refractivity contribution in [3.63, 3.8) is 0 Å². The van der Waals surface area contributed by atoms with Gasteiger partial charge in [-0.3, -0.25) is 4.90 Å². The summed E-state index contributed by atoms with van der Waals surface area (Å²) in [6.45, 7) is 7.41. The molecule has 5 heteroatoms. The van der Waals surface area contributed by atoms with Gasteiger partial charge in [-0.2, -0.15) is 0 Å². The van der Waals surface area contributed by atoms with Gasteiger partial charge in [0.15, 0.2) is 0 Å². The number of aryl methyl sites for hydroxylation is 2. The third-order valence-corrected chi connectivity index (χ3v) is 4.72. The Balaban J connectivity index is 1.61. The third kappa shape index (κ3) is 3.57. The molecule has 1 N–H and O–H groups in total. The summed E-state index contributed by atoms with van der Waals surface area (Å²) in [5.41, 5.74) is 3.15. The van der Waals surface area contributed by atoms with E-state index in [4.69, 9.17) is 9.47 Å². The first kappa shape index (κ1) is 16.0. The highest BCUT2D eigenvalue weighted by molar-refractivity contribution is 5.31. The Hall–Kier alpha value is -1.85. The molecule has 2 heterocycles. The Bertz CT molecular complexity index is 655. The molecule has 5 nitrogen and oxygen atoms in total. The van der Waals surface area contributed by atoms with E-state index in [1.165, 1.54) is 0 Å². The Kier molecular flexibility index (Phi) is 4.68. The Labute approximate surface area is 137 Å². The second-order valence-corrected chi connectivity index (χ2v) is 6.38. The molecule has 1 aliphatic heterocycles. The van der Waals surface area contributed by atoms with Gasteiger partial charge in [0.25, 0.3) is 0 Å². The van der Waals surface area contributed by atoms with E-state index in [1.807, 2.05) is 18.2 Å². The van der Waals surface area contributed by atoms with E-state index in [-0.39, 0.29) is 5.60 Å². The molecule has 124 valence electrons. The second-order valence-electron chi connectivity index (χ2n) is 6.38. The van der Waals surface area contributed by atoms with Crippen LogP contribution in [0.1, 0.15) is 23.4 Å². The summed E-state index contributed by atoms with van der Waals surface area (Å²) < 4.78 is 11.9. The van der Waals surface area contributed by atoms with Gasteiger partial charge in [-0.15, -0.1) is 0 Å². The molecule has 0 radical (unpaired) electrons. The van der Waals surface area contributed by atoms with Gasteiger partial charge in [-0.05, 0) is 31.9 Å². The van der Waals surface area contributed by atoms with Crippen molar-refractivity contribution in [1.29, 1.82) is 0 Å². The number of benzene rings is 1. The zero-order valence-corrected chi connectivity index (χ0v) is 14.1. The number of nitrogens with zero attached hydrogens (tertiary/aromatic N) is 2. The van der Waals surface area contributed by atoms with Crippen LogP contribution in [0, 0.1) is 13.8 Å². The topological polar surface area (TPSA) is 50.4 Å². The summed E-state index contributed by atoms with van der Waals surface area (Å²) in [6, 6.07) is 8.11. The predicted molar refractivity (Wildman–Crippen MR) is 89.6 cm³/mol. The Morgan fingerprint density at radius 2 is 2.13 bits per heavy atom. The van der Waals surface area contributed by atoms with Gasteiger partial charge in [0.1, 0.15) is 18.0 Å². The number of nitrogens with one attached hydrogen (secondary N) is 1. The first-order chi connectivity index (χ1) is 11.1. The van der Waals surface area contributed by atoms with Crippen molar-refractivity contribution < 1.29 is 9.47 Å². The summed E-state index contributed by atoms with van der Waals surface area (Å²) in [4.78, 5) is 9.91. The van der Waals surface area contributed by atoms with Crippen LogP contribution < -0.4 is 4.74 Å². The molecule has 1 aromatic heterocycles. The molecule has 1 aliphatic rings. The Morgan fingerprint density at radius 1 is 1.30 bits per heavy atom. The molecule has 0 spiro atoms. The number of ether oxygens (including phenoxy) is 2. The molecule has 23 heavy (non-hydrogen) atoms. The molecule has 2 aromatic rings. The highest BCUT2D eigenvalue weighted by Crippen LogP contribution is 2.28. The maximum atomic E-state index is 6.05. The summed E-state index contributed by atoms with van der Waals surface area (Å²) in [5.74, 6) is 0.936. The van der Waals surface area contributed by atoms with Crippen molar-refractivity contribution in [3.8, 4) is 5.75 Å². The summed E-state index contributed by atoms with van der Waals surface area (Å²) in [5, 5.41) is 0. The highest BCUT2D eigenvalue weighted by atomic mass is 16.5. The summed E-state index contributed by atoms with van der Waals surface area (Å²) in [6.07, 6.45) is 2.73. The van der Waals surface area contributed by atoms with E-state index in [0.29, 0.717) is 6.61 Å². The van der Waals surface area contributed by atoms with E-state index in [1.54, 1.807) is 13.4 Å². The molecule has 1 fully saturated rings. The molecule has 0 amide bonds. The summed E-state index contributed by atoms with van der Waals surface area (Å²) in [7, 11) is 1.78. The number of methoxy groups -OCH3 is 1. The lowest BCUT2D eigenvalue weighted by atomic mass is 10.0. The molecule has 1 atom stereocenters. The molecule has 0 unspecified atom stereocenters. The SMILES string of the molecule is CO[C@]1(COc2ccccc2C)CCN(Cc2nc[nH]c2C)C1. The molecule has 0 bridgehead atoms. The fourth-order valence-electron chi connectivity index (χ4n) is 3.09. The van der Waals surface area contributed by atoms with Gasteiger partial charge >= 0.3 is 0 Å². The van der Waals surface area contributed by atoms with Gasteiger partial charge in [0, 0.05) is 32.4 Å². The number of H-pyrrole nitrogens is 1. The first-order valence-electron chi connectivity index (χ1n) is 8.07. The van der Waals surface area contributed by atoms with Crippen LogP contribution in [0.5, 0.6) is 5.75 Å². The minimum absolute atomic E-state index is 0.244. The van der Waals surface area contributed by atoms with Crippen LogP contribution in [0.3, 0.4) is 0 Å². The number of para-hydroxylation sites is 1. The zero-order chi connectivity index (χ0) is 16.3. The first-order valence-corrected chi connectivity index (χ1v) is 8.07. The minimum atomic E-state index is -0.244. The number of hydrogen-bond donors (Lipinski definition) is 1. The highest BCUT2D eigenvalue weighted by Gasteiger charge is 2.39. The third-order valence-electron chi connectivity index (χ3n) is 4.72. The predicted octanol–water partition coefficient (Wildman–Crippen LogP) is 2.70. The fourth-order valence-corrected chi connectivity index (χ4v) is 3.09. The van der Waals surface area contributed by atoms with Crippen molar-refractivity contribution >= 4 is 0 Å². The Morgan fingerprint density at radius 3 is 2.83 bits per heavy atom. The molecule has 0 aliphatic carbocycles. The van der Waals surface area contributed by atoms with Crippen molar-refractivity contribution in [1.82, 2.24) is 14.9 Å². The number of rotatable bonds is 6.